The van der Waals surface area contributed by atoms with Gasteiger partial charge in [0.25, 0.3) is 0 Å². The van der Waals surface area contributed by atoms with E-state index in [0.29, 0.717) is 46.4 Å². The number of hydrogen-bond acceptors (Lipinski definition) is 6. The van der Waals surface area contributed by atoms with Crippen LogP contribution in [-0.4, -0.2) is 49.1 Å². The van der Waals surface area contributed by atoms with E-state index in [1.54, 1.807) is 31.5 Å². The van der Waals surface area contributed by atoms with Gasteiger partial charge < -0.3 is 24.4 Å². The second-order valence-electron chi connectivity index (χ2n) is 9.11. The van der Waals surface area contributed by atoms with E-state index >= 15 is 0 Å². The van der Waals surface area contributed by atoms with Gasteiger partial charge in [-0.25, -0.2) is 4.39 Å². The summed E-state index contributed by atoms with van der Waals surface area (Å²) >= 11 is 0. The number of methoxy groups -OCH3 is 1. The molecule has 36 heavy (non-hydrogen) atoms. The SMILES string of the molecule is CCN(CC)CCCOc1cc2nccc(Oc3ccc(NC(=O)[C@@H]4C[C@H]4C)cc3F)c2cc1OC. The molecule has 1 aliphatic carbocycles. The lowest BCUT2D eigenvalue weighted by atomic mass is 10.1. The van der Waals surface area contributed by atoms with Crippen molar-refractivity contribution in [3.63, 3.8) is 0 Å². The van der Waals surface area contributed by atoms with Crippen LogP contribution in [-0.2, 0) is 4.79 Å². The zero-order valence-corrected chi connectivity index (χ0v) is 21.3. The minimum Gasteiger partial charge on any atom is -0.493 e. The summed E-state index contributed by atoms with van der Waals surface area (Å²) in [6, 6.07) is 9.70. The van der Waals surface area contributed by atoms with E-state index < -0.39 is 5.82 Å². The van der Waals surface area contributed by atoms with Gasteiger partial charge in [-0.1, -0.05) is 20.8 Å². The topological polar surface area (TPSA) is 72.9 Å². The van der Waals surface area contributed by atoms with E-state index in [0.717, 1.165) is 32.5 Å². The molecule has 3 aromatic rings. The molecule has 192 valence electrons. The molecule has 0 unspecified atom stereocenters. The molecule has 0 spiro atoms. The molecule has 1 aliphatic rings. The predicted octanol–water partition coefficient (Wildman–Crippen LogP) is 5.88. The number of carbonyl (C=O) groups excluding carboxylic acids is 1. The Morgan fingerprint density at radius 2 is 1.89 bits per heavy atom. The molecule has 0 radical (unpaired) electrons. The molecule has 1 N–H and O–H groups in total. The molecule has 0 aliphatic heterocycles. The van der Waals surface area contributed by atoms with Crippen LogP contribution in [0.4, 0.5) is 10.1 Å². The zero-order chi connectivity index (χ0) is 25.7. The van der Waals surface area contributed by atoms with Crippen LogP contribution in [0, 0.1) is 17.7 Å². The molecule has 1 aromatic heterocycles. The Labute approximate surface area is 211 Å². The van der Waals surface area contributed by atoms with Crippen LogP contribution < -0.4 is 19.5 Å². The molecule has 1 amide bonds. The van der Waals surface area contributed by atoms with Gasteiger partial charge in [-0.3, -0.25) is 9.78 Å². The fraction of sp³-hybridized carbons (Fsp3) is 0.429. The van der Waals surface area contributed by atoms with Crippen molar-refractivity contribution < 1.29 is 23.4 Å². The van der Waals surface area contributed by atoms with Gasteiger partial charge in [0.15, 0.2) is 23.1 Å². The molecular formula is C28H34FN3O4. The summed E-state index contributed by atoms with van der Waals surface area (Å²) in [4.78, 5) is 18.9. The van der Waals surface area contributed by atoms with Crippen LogP contribution in [0.5, 0.6) is 23.0 Å². The number of aromatic nitrogens is 1. The van der Waals surface area contributed by atoms with Crippen molar-refractivity contribution in [2.75, 3.05) is 38.7 Å². The van der Waals surface area contributed by atoms with Crippen molar-refractivity contribution in [2.45, 2.75) is 33.6 Å². The lowest BCUT2D eigenvalue weighted by Crippen LogP contribution is -2.25. The highest BCUT2D eigenvalue weighted by Crippen LogP contribution is 2.39. The number of halogens is 1. The number of anilines is 1. The van der Waals surface area contributed by atoms with Gasteiger partial charge in [0.1, 0.15) is 5.75 Å². The molecule has 1 saturated carbocycles. The van der Waals surface area contributed by atoms with Crippen LogP contribution in [0.2, 0.25) is 0 Å². The summed E-state index contributed by atoms with van der Waals surface area (Å²) in [5.74, 6) is 1.40. The minimum atomic E-state index is -0.568. The Morgan fingerprint density at radius 1 is 1.11 bits per heavy atom. The Bertz CT molecular complexity index is 1210. The van der Waals surface area contributed by atoms with Gasteiger partial charge in [-0.2, -0.15) is 0 Å². The third-order valence-corrected chi connectivity index (χ3v) is 6.62. The monoisotopic (exact) mass is 495 g/mol. The molecule has 4 rings (SSSR count). The van der Waals surface area contributed by atoms with Crippen LogP contribution >= 0.6 is 0 Å². The second kappa shape index (κ2) is 11.6. The van der Waals surface area contributed by atoms with E-state index in [9.17, 15) is 9.18 Å². The normalized spacial score (nSPS) is 16.7. The summed E-state index contributed by atoms with van der Waals surface area (Å²) < 4.78 is 32.3. The van der Waals surface area contributed by atoms with Gasteiger partial charge >= 0.3 is 0 Å². The number of nitrogens with zero attached hydrogens (tertiary/aromatic N) is 2. The molecule has 1 heterocycles. The van der Waals surface area contributed by atoms with Crippen LogP contribution in [0.1, 0.15) is 33.6 Å². The summed E-state index contributed by atoms with van der Waals surface area (Å²) in [6.45, 7) is 9.87. The molecule has 0 bridgehead atoms. The number of hydrogen-bond donors (Lipinski definition) is 1. The van der Waals surface area contributed by atoms with Gasteiger partial charge in [0.2, 0.25) is 5.91 Å². The predicted molar refractivity (Wildman–Crippen MR) is 139 cm³/mol. The maximum Gasteiger partial charge on any atom is 0.227 e. The lowest BCUT2D eigenvalue weighted by molar-refractivity contribution is -0.117. The molecule has 1 fully saturated rings. The van der Waals surface area contributed by atoms with Gasteiger partial charge in [-0.05, 0) is 56.1 Å². The van der Waals surface area contributed by atoms with E-state index in [-0.39, 0.29) is 17.6 Å². The highest BCUT2D eigenvalue weighted by molar-refractivity contribution is 5.94. The first-order valence-corrected chi connectivity index (χ1v) is 12.5. The van der Waals surface area contributed by atoms with Crippen molar-refractivity contribution >= 4 is 22.5 Å². The first-order valence-electron chi connectivity index (χ1n) is 12.5. The molecular weight excluding hydrogens is 461 g/mol. The van der Waals surface area contributed by atoms with Gasteiger partial charge in [0.05, 0.1) is 19.2 Å². The van der Waals surface area contributed by atoms with E-state index in [1.807, 2.05) is 13.0 Å². The number of carbonyl (C=O) groups is 1. The quantitative estimate of drug-likeness (QED) is 0.316. The Kier molecular flexibility index (Phi) is 8.25. The Morgan fingerprint density at radius 3 is 2.56 bits per heavy atom. The summed E-state index contributed by atoms with van der Waals surface area (Å²) in [7, 11) is 1.58. The third-order valence-electron chi connectivity index (χ3n) is 6.62. The molecule has 0 saturated heterocycles. The maximum atomic E-state index is 14.8. The van der Waals surface area contributed by atoms with Crippen molar-refractivity contribution in [3.8, 4) is 23.0 Å². The number of amides is 1. The number of pyridine rings is 1. The maximum absolute atomic E-state index is 14.8. The fourth-order valence-corrected chi connectivity index (χ4v) is 4.20. The molecule has 8 heteroatoms. The van der Waals surface area contributed by atoms with Crippen LogP contribution in [0.25, 0.3) is 10.9 Å². The third kappa shape index (κ3) is 6.05. The minimum absolute atomic E-state index is 0.0124. The van der Waals surface area contributed by atoms with Crippen molar-refractivity contribution in [3.05, 3.63) is 48.4 Å². The van der Waals surface area contributed by atoms with Crippen molar-refractivity contribution in [1.82, 2.24) is 9.88 Å². The average molecular weight is 496 g/mol. The smallest absolute Gasteiger partial charge is 0.227 e. The number of ether oxygens (including phenoxy) is 3. The summed E-state index contributed by atoms with van der Waals surface area (Å²) in [6.07, 6.45) is 3.38. The van der Waals surface area contributed by atoms with E-state index in [4.69, 9.17) is 14.2 Å². The van der Waals surface area contributed by atoms with Crippen molar-refractivity contribution in [1.29, 1.82) is 0 Å². The number of fused-ring (bicyclic) bond motifs is 1. The number of rotatable bonds is 12. The summed E-state index contributed by atoms with van der Waals surface area (Å²) in [5, 5.41) is 3.44. The average Bonchev–Trinajstić information content (AvgIpc) is 3.62. The Balaban J connectivity index is 1.48. The van der Waals surface area contributed by atoms with Crippen LogP contribution in [0.15, 0.2) is 42.6 Å². The number of nitrogens with one attached hydrogen (secondary N) is 1. The Hall–Kier alpha value is -3.39. The van der Waals surface area contributed by atoms with Gasteiger partial charge in [-0.15, -0.1) is 0 Å². The molecule has 2 aromatic carbocycles. The largest absolute Gasteiger partial charge is 0.493 e. The molecule has 7 nitrogen and oxygen atoms in total. The highest BCUT2D eigenvalue weighted by atomic mass is 19.1. The van der Waals surface area contributed by atoms with E-state index in [2.05, 4.69) is 29.0 Å². The van der Waals surface area contributed by atoms with Crippen LogP contribution in [0.3, 0.4) is 0 Å². The lowest BCUT2D eigenvalue weighted by Gasteiger charge is -2.18. The van der Waals surface area contributed by atoms with Gasteiger partial charge in [0, 0.05) is 41.9 Å². The molecule has 2 atom stereocenters. The zero-order valence-electron chi connectivity index (χ0n) is 21.3. The number of benzene rings is 2. The standard InChI is InChI=1S/C28H34FN3O4/c1-5-32(6-2)12-7-13-35-27-17-23-21(16-26(27)34-4)24(10-11-30-23)36-25-9-8-19(15-22(25)29)31-28(33)20-14-18(20)3/h8-11,15-18,20H,5-7,12-14H2,1-4H3,(H,31,33)/t18-,20-/m1/s1. The fourth-order valence-electron chi connectivity index (χ4n) is 4.20. The second-order valence-corrected chi connectivity index (χ2v) is 9.11. The first kappa shape index (κ1) is 25.7. The van der Waals surface area contributed by atoms with E-state index in [1.165, 1.54) is 12.1 Å². The first-order chi connectivity index (χ1) is 17.4. The van der Waals surface area contributed by atoms with Crippen molar-refractivity contribution in [2.24, 2.45) is 11.8 Å². The summed E-state index contributed by atoms with van der Waals surface area (Å²) in [5.41, 5.74) is 1.06. The highest BCUT2D eigenvalue weighted by Gasteiger charge is 2.39.